The molecule has 0 spiro atoms. The van der Waals surface area contributed by atoms with Crippen LogP contribution in [0.15, 0.2) is 0 Å². The molecule has 0 saturated carbocycles. The Hall–Kier alpha value is 0.250. The van der Waals surface area contributed by atoms with Crippen molar-refractivity contribution >= 4 is 12.4 Å². The van der Waals surface area contributed by atoms with E-state index < -0.39 is 0 Å². The number of halogens is 1. The first kappa shape index (κ1) is 11.1. The van der Waals surface area contributed by atoms with Gasteiger partial charge in [-0.2, -0.15) is 0 Å². The van der Waals surface area contributed by atoms with E-state index in [4.69, 9.17) is 0 Å². The normalized spacial score (nSPS) is 9.75. The molecular formula is C6H16ClN. The SMILES string of the molecule is CC(C)CN(C)C.Cl. The first-order valence-electron chi connectivity index (χ1n) is 2.77. The van der Waals surface area contributed by atoms with Gasteiger partial charge in [0.25, 0.3) is 0 Å². The molecule has 0 heterocycles. The molecule has 0 saturated heterocycles. The lowest BCUT2D eigenvalue weighted by atomic mass is 10.2. The second kappa shape index (κ2) is 5.39. The fourth-order valence-electron chi connectivity index (χ4n) is 0.730. The molecule has 0 aliphatic rings. The third-order valence-electron chi connectivity index (χ3n) is 0.730. The topological polar surface area (TPSA) is 3.24 Å². The molecule has 0 radical (unpaired) electrons. The van der Waals surface area contributed by atoms with Crippen LogP contribution in [0.1, 0.15) is 13.8 Å². The summed E-state index contributed by atoms with van der Waals surface area (Å²) in [4.78, 5) is 2.20. The Morgan fingerprint density at radius 3 is 1.62 bits per heavy atom. The summed E-state index contributed by atoms with van der Waals surface area (Å²) in [7, 11) is 4.19. The quantitative estimate of drug-likeness (QED) is 0.559. The van der Waals surface area contributed by atoms with Gasteiger partial charge >= 0.3 is 0 Å². The summed E-state index contributed by atoms with van der Waals surface area (Å²) in [5.41, 5.74) is 0. The van der Waals surface area contributed by atoms with Gasteiger partial charge in [0.2, 0.25) is 0 Å². The van der Waals surface area contributed by atoms with Crippen LogP contribution in [0.3, 0.4) is 0 Å². The molecule has 0 unspecified atom stereocenters. The minimum absolute atomic E-state index is 0. The van der Waals surface area contributed by atoms with Gasteiger partial charge in [0.15, 0.2) is 0 Å². The van der Waals surface area contributed by atoms with Gasteiger partial charge in [0.1, 0.15) is 0 Å². The maximum Gasteiger partial charge on any atom is -0.000172 e. The molecule has 0 aliphatic heterocycles. The molecule has 0 aromatic carbocycles. The fourth-order valence-corrected chi connectivity index (χ4v) is 0.730. The lowest BCUT2D eigenvalue weighted by Gasteiger charge is -2.10. The van der Waals surface area contributed by atoms with Gasteiger partial charge in [0, 0.05) is 0 Å². The van der Waals surface area contributed by atoms with E-state index in [1.54, 1.807) is 0 Å². The Bertz CT molecular complexity index is 37.8. The van der Waals surface area contributed by atoms with Crippen molar-refractivity contribution in [3.05, 3.63) is 0 Å². The molecule has 1 nitrogen and oxygen atoms in total. The minimum atomic E-state index is 0. The van der Waals surface area contributed by atoms with E-state index in [9.17, 15) is 0 Å². The molecule has 0 aliphatic carbocycles. The molecule has 0 bridgehead atoms. The Balaban J connectivity index is 0. The average molecular weight is 138 g/mol. The Labute approximate surface area is 58.5 Å². The minimum Gasteiger partial charge on any atom is -0.309 e. The fraction of sp³-hybridized carbons (Fsp3) is 1.00. The zero-order chi connectivity index (χ0) is 5.86. The molecular weight excluding hydrogens is 122 g/mol. The van der Waals surface area contributed by atoms with E-state index in [0.717, 1.165) is 5.92 Å². The van der Waals surface area contributed by atoms with E-state index in [1.807, 2.05) is 0 Å². The summed E-state index contributed by atoms with van der Waals surface area (Å²) < 4.78 is 0. The lowest BCUT2D eigenvalue weighted by molar-refractivity contribution is 0.354. The predicted octanol–water partition coefficient (Wildman–Crippen LogP) is 1.63. The second-order valence-electron chi connectivity index (χ2n) is 2.66. The summed E-state index contributed by atoms with van der Waals surface area (Å²) in [5.74, 6) is 0.801. The first-order valence-corrected chi connectivity index (χ1v) is 2.77. The highest BCUT2D eigenvalue weighted by Crippen LogP contribution is 1.90. The zero-order valence-corrected chi connectivity index (χ0v) is 6.96. The number of nitrogens with zero attached hydrogens (tertiary/aromatic N) is 1. The van der Waals surface area contributed by atoms with Gasteiger partial charge in [-0.05, 0) is 26.6 Å². The summed E-state index contributed by atoms with van der Waals surface area (Å²) in [6.45, 7) is 5.64. The van der Waals surface area contributed by atoms with Crippen LogP contribution in [0.2, 0.25) is 0 Å². The molecule has 0 atom stereocenters. The van der Waals surface area contributed by atoms with Gasteiger partial charge in [-0.3, -0.25) is 0 Å². The van der Waals surface area contributed by atoms with Gasteiger partial charge < -0.3 is 4.90 Å². The van der Waals surface area contributed by atoms with Crippen molar-refractivity contribution in [1.29, 1.82) is 0 Å². The van der Waals surface area contributed by atoms with Crippen molar-refractivity contribution in [2.24, 2.45) is 5.92 Å². The number of hydrogen-bond donors (Lipinski definition) is 0. The van der Waals surface area contributed by atoms with Crippen LogP contribution >= 0.6 is 12.4 Å². The molecule has 8 heavy (non-hydrogen) atoms. The third kappa shape index (κ3) is 9.54. The molecule has 2 heteroatoms. The summed E-state index contributed by atoms with van der Waals surface area (Å²) in [5, 5.41) is 0. The highest BCUT2D eigenvalue weighted by atomic mass is 35.5. The van der Waals surface area contributed by atoms with Gasteiger partial charge in [-0.1, -0.05) is 13.8 Å². The van der Waals surface area contributed by atoms with Crippen LogP contribution in [-0.2, 0) is 0 Å². The van der Waals surface area contributed by atoms with Crippen molar-refractivity contribution in [2.75, 3.05) is 20.6 Å². The van der Waals surface area contributed by atoms with E-state index in [2.05, 4.69) is 32.8 Å². The maximum atomic E-state index is 2.22. The molecule has 0 aromatic heterocycles. The summed E-state index contributed by atoms with van der Waals surface area (Å²) in [6.07, 6.45) is 0. The van der Waals surface area contributed by atoms with Gasteiger partial charge in [0.05, 0.1) is 0 Å². The van der Waals surface area contributed by atoms with Crippen molar-refractivity contribution in [3.8, 4) is 0 Å². The van der Waals surface area contributed by atoms with Gasteiger partial charge in [-0.15, -0.1) is 12.4 Å². The van der Waals surface area contributed by atoms with E-state index in [1.165, 1.54) is 6.54 Å². The van der Waals surface area contributed by atoms with E-state index in [-0.39, 0.29) is 12.4 Å². The van der Waals surface area contributed by atoms with Crippen LogP contribution in [0.4, 0.5) is 0 Å². The van der Waals surface area contributed by atoms with Crippen molar-refractivity contribution in [1.82, 2.24) is 4.90 Å². The van der Waals surface area contributed by atoms with Crippen LogP contribution in [0.25, 0.3) is 0 Å². The summed E-state index contributed by atoms with van der Waals surface area (Å²) in [6, 6.07) is 0. The zero-order valence-electron chi connectivity index (χ0n) is 6.14. The number of rotatable bonds is 2. The standard InChI is InChI=1S/C6H15N.ClH/c1-6(2)5-7(3)4;/h6H,5H2,1-4H3;1H. The van der Waals surface area contributed by atoms with E-state index >= 15 is 0 Å². The largest absolute Gasteiger partial charge is 0.309 e. The van der Waals surface area contributed by atoms with Crippen molar-refractivity contribution in [3.63, 3.8) is 0 Å². The smallest absolute Gasteiger partial charge is 0.000172 e. The lowest BCUT2D eigenvalue weighted by Crippen LogP contribution is -2.17. The van der Waals surface area contributed by atoms with Crippen molar-refractivity contribution in [2.45, 2.75) is 13.8 Å². The van der Waals surface area contributed by atoms with E-state index in [0.29, 0.717) is 0 Å². The maximum absolute atomic E-state index is 2.22. The predicted molar refractivity (Wildman–Crippen MR) is 40.6 cm³/mol. The average Bonchev–Trinajstić information content (AvgIpc) is 1.27. The molecule has 0 amide bonds. The Kier molecular flexibility index (Phi) is 7.48. The Morgan fingerprint density at radius 1 is 1.25 bits per heavy atom. The first-order chi connectivity index (χ1) is 3.13. The molecule has 52 valence electrons. The molecule has 0 N–H and O–H groups in total. The van der Waals surface area contributed by atoms with Crippen LogP contribution in [0, 0.1) is 5.92 Å². The number of hydrogen-bond acceptors (Lipinski definition) is 1. The van der Waals surface area contributed by atoms with Crippen LogP contribution in [-0.4, -0.2) is 25.5 Å². The van der Waals surface area contributed by atoms with Crippen molar-refractivity contribution < 1.29 is 0 Å². The van der Waals surface area contributed by atoms with Crippen LogP contribution < -0.4 is 0 Å². The monoisotopic (exact) mass is 137 g/mol. The highest BCUT2D eigenvalue weighted by Gasteiger charge is 1.92. The highest BCUT2D eigenvalue weighted by molar-refractivity contribution is 5.85. The molecule has 0 fully saturated rings. The molecule has 0 rings (SSSR count). The summed E-state index contributed by atoms with van der Waals surface area (Å²) >= 11 is 0. The van der Waals surface area contributed by atoms with Gasteiger partial charge in [-0.25, -0.2) is 0 Å². The third-order valence-corrected chi connectivity index (χ3v) is 0.730. The molecule has 0 aromatic rings. The second-order valence-corrected chi connectivity index (χ2v) is 2.66. The Morgan fingerprint density at radius 2 is 1.62 bits per heavy atom. The van der Waals surface area contributed by atoms with Crippen LogP contribution in [0.5, 0.6) is 0 Å².